The first-order chi connectivity index (χ1) is 9.26. The molecular formula is C16H33N3. The lowest BCUT2D eigenvalue weighted by Crippen LogP contribution is -2.46. The summed E-state index contributed by atoms with van der Waals surface area (Å²) in [5, 5.41) is 3.64. The number of hydrogen-bond donors (Lipinski definition) is 1. The van der Waals surface area contributed by atoms with E-state index < -0.39 is 0 Å². The molecule has 3 nitrogen and oxygen atoms in total. The average Bonchev–Trinajstić information content (AvgIpc) is 2.63. The van der Waals surface area contributed by atoms with E-state index in [9.17, 15) is 0 Å². The second kappa shape index (κ2) is 7.61. The van der Waals surface area contributed by atoms with Crippen LogP contribution in [0.15, 0.2) is 0 Å². The molecule has 1 N–H and O–H groups in total. The highest BCUT2D eigenvalue weighted by atomic mass is 15.3. The van der Waals surface area contributed by atoms with Gasteiger partial charge in [-0.3, -0.25) is 9.80 Å². The largest absolute Gasteiger partial charge is 0.315 e. The smallest absolute Gasteiger partial charge is 0.0223 e. The highest BCUT2D eigenvalue weighted by molar-refractivity contribution is 4.92. The van der Waals surface area contributed by atoms with Crippen LogP contribution in [0.2, 0.25) is 0 Å². The minimum absolute atomic E-state index is 0.754. The second-order valence-corrected chi connectivity index (χ2v) is 6.48. The van der Waals surface area contributed by atoms with Gasteiger partial charge in [0.1, 0.15) is 0 Å². The zero-order chi connectivity index (χ0) is 13.7. The van der Waals surface area contributed by atoms with Gasteiger partial charge in [0.25, 0.3) is 0 Å². The monoisotopic (exact) mass is 267 g/mol. The van der Waals surface area contributed by atoms with Crippen molar-refractivity contribution in [3.63, 3.8) is 0 Å². The van der Waals surface area contributed by atoms with Crippen molar-refractivity contribution in [2.75, 3.05) is 33.2 Å². The van der Waals surface area contributed by atoms with Crippen LogP contribution in [0.4, 0.5) is 0 Å². The van der Waals surface area contributed by atoms with E-state index in [1.165, 1.54) is 64.7 Å². The normalized spacial score (nSPS) is 30.5. The second-order valence-electron chi connectivity index (χ2n) is 6.48. The van der Waals surface area contributed by atoms with Gasteiger partial charge >= 0.3 is 0 Å². The number of rotatable bonds is 7. The van der Waals surface area contributed by atoms with E-state index in [2.05, 4.69) is 36.0 Å². The van der Waals surface area contributed by atoms with Crippen LogP contribution in [0.1, 0.15) is 52.4 Å². The maximum atomic E-state index is 3.64. The third-order valence-electron chi connectivity index (χ3n) is 5.12. The first-order valence-electron chi connectivity index (χ1n) is 8.43. The van der Waals surface area contributed by atoms with Gasteiger partial charge in [0.15, 0.2) is 0 Å². The van der Waals surface area contributed by atoms with Gasteiger partial charge in [-0.1, -0.05) is 20.3 Å². The van der Waals surface area contributed by atoms with Crippen LogP contribution >= 0.6 is 0 Å². The van der Waals surface area contributed by atoms with E-state index in [4.69, 9.17) is 0 Å². The van der Waals surface area contributed by atoms with Crippen molar-refractivity contribution in [3.8, 4) is 0 Å². The molecule has 2 aliphatic heterocycles. The van der Waals surface area contributed by atoms with Crippen molar-refractivity contribution in [2.24, 2.45) is 0 Å². The Kier molecular flexibility index (Phi) is 6.11. The van der Waals surface area contributed by atoms with Gasteiger partial charge in [0.2, 0.25) is 0 Å². The standard InChI is InChI=1S/C16H33N3/c1-4-6-15(12-17-10-5-2)19-11-9-14-7-8-16(13-19)18(14)3/h14-17H,4-13H2,1-3H3. The van der Waals surface area contributed by atoms with Gasteiger partial charge in [-0.05, 0) is 45.7 Å². The summed E-state index contributed by atoms with van der Waals surface area (Å²) in [5.41, 5.74) is 0. The van der Waals surface area contributed by atoms with Gasteiger partial charge in [-0.25, -0.2) is 0 Å². The van der Waals surface area contributed by atoms with Crippen molar-refractivity contribution in [1.29, 1.82) is 0 Å². The Morgan fingerprint density at radius 3 is 2.63 bits per heavy atom. The van der Waals surface area contributed by atoms with Crippen molar-refractivity contribution in [1.82, 2.24) is 15.1 Å². The molecular weight excluding hydrogens is 234 g/mol. The Morgan fingerprint density at radius 2 is 1.89 bits per heavy atom. The van der Waals surface area contributed by atoms with Crippen molar-refractivity contribution >= 4 is 0 Å². The summed E-state index contributed by atoms with van der Waals surface area (Å²) in [7, 11) is 2.34. The van der Waals surface area contributed by atoms with Gasteiger partial charge in [0, 0.05) is 37.8 Å². The molecule has 0 aromatic heterocycles. The molecule has 2 rings (SSSR count). The molecule has 0 saturated carbocycles. The fourth-order valence-corrected chi connectivity index (χ4v) is 3.86. The van der Waals surface area contributed by atoms with Crippen LogP contribution in [0, 0.1) is 0 Å². The first-order valence-corrected chi connectivity index (χ1v) is 8.43. The number of nitrogens with zero attached hydrogens (tertiary/aromatic N) is 2. The Balaban J connectivity index is 1.89. The molecule has 0 spiro atoms. The van der Waals surface area contributed by atoms with Crippen LogP contribution in [0.5, 0.6) is 0 Å². The number of likely N-dealkylation sites (tertiary alicyclic amines) is 1. The lowest BCUT2D eigenvalue weighted by molar-refractivity contribution is 0.160. The molecule has 2 fully saturated rings. The zero-order valence-corrected chi connectivity index (χ0v) is 13.2. The molecule has 0 aromatic rings. The summed E-state index contributed by atoms with van der Waals surface area (Å²) in [4.78, 5) is 5.44. The van der Waals surface area contributed by atoms with Crippen LogP contribution in [0.25, 0.3) is 0 Å². The molecule has 2 bridgehead atoms. The molecule has 3 atom stereocenters. The molecule has 0 amide bonds. The fourth-order valence-electron chi connectivity index (χ4n) is 3.86. The number of hydrogen-bond acceptors (Lipinski definition) is 3. The van der Waals surface area contributed by atoms with Gasteiger partial charge in [-0.15, -0.1) is 0 Å². The van der Waals surface area contributed by atoms with Crippen LogP contribution in [0.3, 0.4) is 0 Å². The van der Waals surface area contributed by atoms with Crippen LogP contribution < -0.4 is 5.32 Å². The minimum Gasteiger partial charge on any atom is -0.315 e. The molecule has 19 heavy (non-hydrogen) atoms. The minimum atomic E-state index is 0.754. The summed E-state index contributed by atoms with van der Waals surface area (Å²) in [6.07, 6.45) is 8.12. The van der Waals surface area contributed by atoms with Crippen molar-refractivity contribution < 1.29 is 0 Å². The summed E-state index contributed by atoms with van der Waals surface area (Å²) >= 11 is 0. The Morgan fingerprint density at radius 1 is 1.11 bits per heavy atom. The highest BCUT2D eigenvalue weighted by Crippen LogP contribution is 2.29. The zero-order valence-electron chi connectivity index (χ0n) is 13.2. The Hall–Kier alpha value is -0.120. The summed E-state index contributed by atoms with van der Waals surface area (Å²) in [6.45, 7) is 9.53. The first kappa shape index (κ1) is 15.3. The molecule has 3 unspecified atom stereocenters. The van der Waals surface area contributed by atoms with Crippen molar-refractivity contribution in [3.05, 3.63) is 0 Å². The summed E-state index contributed by atoms with van der Waals surface area (Å²) in [5.74, 6) is 0. The Bertz CT molecular complexity index is 256. The van der Waals surface area contributed by atoms with Crippen LogP contribution in [-0.4, -0.2) is 61.2 Å². The van der Waals surface area contributed by atoms with Crippen molar-refractivity contribution in [2.45, 2.75) is 70.5 Å². The summed E-state index contributed by atoms with van der Waals surface area (Å²) < 4.78 is 0. The highest BCUT2D eigenvalue weighted by Gasteiger charge is 2.36. The van der Waals surface area contributed by atoms with E-state index in [0.29, 0.717) is 0 Å². The third-order valence-corrected chi connectivity index (χ3v) is 5.12. The lowest BCUT2D eigenvalue weighted by Gasteiger charge is -2.33. The van der Waals surface area contributed by atoms with E-state index in [1.54, 1.807) is 0 Å². The topological polar surface area (TPSA) is 18.5 Å². The number of nitrogens with one attached hydrogen (secondary N) is 1. The maximum absolute atomic E-state index is 3.64. The maximum Gasteiger partial charge on any atom is 0.0223 e. The molecule has 2 heterocycles. The molecule has 0 radical (unpaired) electrons. The quantitative estimate of drug-likeness (QED) is 0.714. The molecule has 2 aliphatic rings. The predicted octanol–water partition coefficient (Wildman–Crippen LogP) is 2.32. The van der Waals surface area contributed by atoms with Gasteiger partial charge < -0.3 is 5.32 Å². The van der Waals surface area contributed by atoms with Gasteiger partial charge in [-0.2, -0.15) is 0 Å². The van der Waals surface area contributed by atoms with E-state index in [1.807, 2.05) is 0 Å². The van der Waals surface area contributed by atoms with E-state index in [-0.39, 0.29) is 0 Å². The number of likely N-dealkylation sites (N-methyl/N-ethyl adjacent to an activating group) is 1. The molecule has 2 saturated heterocycles. The molecule has 0 aromatic carbocycles. The Labute approximate surface area is 119 Å². The molecule has 3 heteroatoms. The molecule has 112 valence electrons. The lowest BCUT2D eigenvalue weighted by atomic mass is 10.0. The summed E-state index contributed by atoms with van der Waals surface area (Å²) in [6, 6.07) is 2.43. The SMILES string of the molecule is CCCNCC(CCC)N1CCC2CCC(C1)N2C. The fraction of sp³-hybridized carbons (Fsp3) is 1.00. The average molecular weight is 267 g/mol. The van der Waals surface area contributed by atoms with E-state index >= 15 is 0 Å². The number of fused-ring (bicyclic) bond motifs is 2. The third kappa shape index (κ3) is 3.93. The van der Waals surface area contributed by atoms with Crippen LogP contribution in [-0.2, 0) is 0 Å². The van der Waals surface area contributed by atoms with Gasteiger partial charge in [0.05, 0.1) is 0 Å². The van der Waals surface area contributed by atoms with E-state index in [0.717, 1.165) is 18.1 Å². The molecule has 0 aliphatic carbocycles. The predicted molar refractivity (Wildman–Crippen MR) is 82.6 cm³/mol.